The molecule has 21 heavy (non-hydrogen) atoms. The number of aryl methyl sites for hydroxylation is 2. The van der Waals surface area contributed by atoms with Gasteiger partial charge in [0.05, 0.1) is 6.54 Å². The highest BCUT2D eigenvalue weighted by atomic mass is 35.5. The van der Waals surface area contributed by atoms with E-state index in [1.165, 1.54) is 5.56 Å². The van der Waals surface area contributed by atoms with E-state index in [-0.39, 0.29) is 12.5 Å². The lowest BCUT2D eigenvalue weighted by Crippen LogP contribution is -2.22. The predicted octanol–water partition coefficient (Wildman–Crippen LogP) is 4.26. The molecule has 0 spiro atoms. The van der Waals surface area contributed by atoms with Gasteiger partial charge in [0, 0.05) is 16.4 Å². The van der Waals surface area contributed by atoms with E-state index >= 15 is 0 Å². The zero-order chi connectivity index (χ0) is 15.2. The Bertz CT molecular complexity index is 623. The number of rotatable bonds is 5. The van der Waals surface area contributed by atoms with Crippen LogP contribution in [0.1, 0.15) is 18.1 Å². The van der Waals surface area contributed by atoms with Gasteiger partial charge < -0.3 is 10.6 Å². The molecule has 0 fully saturated rings. The maximum atomic E-state index is 12.0. The molecule has 0 radical (unpaired) electrons. The fraction of sp³-hybridized carbons (Fsp3) is 0.235. The molecule has 0 unspecified atom stereocenters. The summed E-state index contributed by atoms with van der Waals surface area (Å²) in [6.45, 7) is 4.38. The largest absolute Gasteiger partial charge is 0.376 e. The summed E-state index contributed by atoms with van der Waals surface area (Å²) in [5, 5.41) is 6.71. The number of halogens is 1. The van der Waals surface area contributed by atoms with Crippen LogP contribution in [0, 0.1) is 6.92 Å². The van der Waals surface area contributed by atoms with Crippen LogP contribution >= 0.6 is 11.6 Å². The number of carbonyl (C=O) groups is 1. The summed E-state index contributed by atoms with van der Waals surface area (Å²) in [6.07, 6.45) is 0.933. The number of para-hydroxylation sites is 1. The summed E-state index contributed by atoms with van der Waals surface area (Å²) in [6, 6.07) is 13.2. The fourth-order valence-corrected chi connectivity index (χ4v) is 2.31. The minimum absolute atomic E-state index is 0.0809. The monoisotopic (exact) mass is 302 g/mol. The number of hydrogen-bond donors (Lipinski definition) is 2. The third-order valence-electron chi connectivity index (χ3n) is 3.29. The molecule has 4 heteroatoms. The third kappa shape index (κ3) is 4.23. The molecule has 0 saturated heterocycles. The Morgan fingerprint density at radius 1 is 1.14 bits per heavy atom. The number of anilines is 2. The van der Waals surface area contributed by atoms with E-state index in [1.54, 1.807) is 24.3 Å². The zero-order valence-corrected chi connectivity index (χ0v) is 13.0. The number of amides is 1. The summed E-state index contributed by atoms with van der Waals surface area (Å²) < 4.78 is 0. The van der Waals surface area contributed by atoms with E-state index in [0.717, 1.165) is 23.4 Å². The highest BCUT2D eigenvalue weighted by molar-refractivity contribution is 6.30. The molecule has 0 aliphatic heterocycles. The Hall–Kier alpha value is -2.00. The van der Waals surface area contributed by atoms with E-state index < -0.39 is 0 Å². The smallest absolute Gasteiger partial charge is 0.243 e. The van der Waals surface area contributed by atoms with Crippen LogP contribution in [0.5, 0.6) is 0 Å². The predicted molar refractivity (Wildman–Crippen MR) is 89.1 cm³/mol. The lowest BCUT2D eigenvalue weighted by molar-refractivity contribution is -0.114. The third-order valence-corrected chi connectivity index (χ3v) is 3.55. The molecule has 0 aromatic heterocycles. The van der Waals surface area contributed by atoms with Gasteiger partial charge in [-0.1, -0.05) is 36.7 Å². The molecule has 0 bridgehead atoms. The van der Waals surface area contributed by atoms with Crippen LogP contribution in [0.2, 0.25) is 5.02 Å². The van der Waals surface area contributed by atoms with Crippen LogP contribution < -0.4 is 10.6 Å². The van der Waals surface area contributed by atoms with Crippen LogP contribution in [0.3, 0.4) is 0 Å². The summed E-state index contributed by atoms with van der Waals surface area (Å²) in [7, 11) is 0. The van der Waals surface area contributed by atoms with Crippen molar-refractivity contribution in [1.82, 2.24) is 0 Å². The van der Waals surface area contributed by atoms with Crippen molar-refractivity contribution in [3.05, 3.63) is 58.6 Å². The molecule has 0 aliphatic rings. The molecule has 2 aromatic rings. The molecule has 110 valence electrons. The average Bonchev–Trinajstić information content (AvgIpc) is 2.48. The molecule has 2 aromatic carbocycles. The Kier molecular flexibility index (Phi) is 5.23. The summed E-state index contributed by atoms with van der Waals surface area (Å²) in [4.78, 5) is 12.0. The first kappa shape index (κ1) is 15.4. The van der Waals surface area contributed by atoms with Crippen molar-refractivity contribution in [2.45, 2.75) is 20.3 Å². The van der Waals surface area contributed by atoms with Crippen molar-refractivity contribution in [2.75, 3.05) is 17.2 Å². The van der Waals surface area contributed by atoms with Crippen molar-refractivity contribution in [1.29, 1.82) is 0 Å². The fourth-order valence-electron chi connectivity index (χ4n) is 2.18. The summed E-state index contributed by atoms with van der Waals surface area (Å²) >= 11 is 5.82. The lowest BCUT2D eigenvalue weighted by Gasteiger charge is -2.14. The van der Waals surface area contributed by atoms with Crippen molar-refractivity contribution < 1.29 is 4.79 Å². The highest BCUT2D eigenvalue weighted by Gasteiger charge is 2.07. The Balaban J connectivity index is 1.97. The highest BCUT2D eigenvalue weighted by Crippen LogP contribution is 2.20. The van der Waals surface area contributed by atoms with E-state index in [1.807, 2.05) is 19.1 Å². The Morgan fingerprint density at radius 2 is 1.86 bits per heavy atom. The summed E-state index contributed by atoms with van der Waals surface area (Å²) in [5.74, 6) is -0.0809. The van der Waals surface area contributed by atoms with Gasteiger partial charge in [0.1, 0.15) is 0 Å². The number of carbonyl (C=O) groups excluding carboxylic acids is 1. The number of hydrogen-bond acceptors (Lipinski definition) is 2. The zero-order valence-electron chi connectivity index (χ0n) is 12.2. The maximum absolute atomic E-state index is 12.0. The molecule has 0 atom stereocenters. The van der Waals surface area contributed by atoms with E-state index in [2.05, 4.69) is 23.6 Å². The molecule has 0 heterocycles. The average molecular weight is 303 g/mol. The maximum Gasteiger partial charge on any atom is 0.243 e. The normalized spacial score (nSPS) is 10.2. The minimum Gasteiger partial charge on any atom is -0.376 e. The van der Waals surface area contributed by atoms with Crippen molar-refractivity contribution in [2.24, 2.45) is 0 Å². The van der Waals surface area contributed by atoms with Gasteiger partial charge in [-0.2, -0.15) is 0 Å². The van der Waals surface area contributed by atoms with Gasteiger partial charge in [-0.3, -0.25) is 4.79 Å². The standard InChI is InChI=1S/C17H19ClN2O/c1-3-13-6-4-5-12(2)17(13)19-11-16(21)20-15-9-7-14(18)8-10-15/h4-10,19H,3,11H2,1-2H3,(H,20,21). The second-order valence-corrected chi connectivity index (χ2v) is 5.31. The first-order valence-electron chi connectivity index (χ1n) is 6.98. The topological polar surface area (TPSA) is 41.1 Å². The lowest BCUT2D eigenvalue weighted by atomic mass is 10.1. The van der Waals surface area contributed by atoms with Gasteiger partial charge in [0.15, 0.2) is 0 Å². The number of nitrogens with one attached hydrogen (secondary N) is 2. The van der Waals surface area contributed by atoms with E-state index in [9.17, 15) is 4.79 Å². The molecular formula is C17H19ClN2O. The molecule has 2 N–H and O–H groups in total. The Morgan fingerprint density at radius 3 is 2.52 bits per heavy atom. The van der Waals surface area contributed by atoms with Gasteiger partial charge in [-0.05, 0) is 48.7 Å². The van der Waals surface area contributed by atoms with Gasteiger partial charge in [-0.15, -0.1) is 0 Å². The van der Waals surface area contributed by atoms with Gasteiger partial charge in [-0.25, -0.2) is 0 Å². The molecule has 3 nitrogen and oxygen atoms in total. The van der Waals surface area contributed by atoms with Crippen molar-refractivity contribution in [3.63, 3.8) is 0 Å². The van der Waals surface area contributed by atoms with Crippen molar-refractivity contribution in [3.8, 4) is 0 Å². The van der Waals surface area contributed by atoms with Gasteiger partial charge in [0.25, 0.3) is 0 Å². The second-order valence-electron chi connectivity index (χ2n) is 4.87. The minimum atomic E-state index is -0.0809. The quantitative estimate of drug-likeness (QED) is 0.866. The molecule has 0 saturated carbocycles. The van der Waals surface area contributed by atoms with Crippen LogP contribution in [0.15, 0.2) is 42.5 Å². The molecule has 1 amide bonds. The first-order chi connectivity index (χ1) is 10.1. The molecule has 0 aliphatic carbocycles. The van der Waals surface area contributed by atoms with Crippen molar-refractivity contribution >= 4 is 28.9 Å². The van der Waals surface area contributed by atoms with E-state index in [0.29, 0.717) is 5.02 Å². The summed E-state index contributed by atoms with van der Waals surface area (Å²) in [5.41, 5.74) is 4.15. The second kappa shape index (κ2) is 7.14. The van der Waals surface area contributed by atoms with Gasteiger partial charge in [0.2, 0.25) is 5.91 Å². The van der Waals surface area contributed by atoms with Crippen LogP contribution in [-0.2, 0) is 11.2 Å². The van der Waals surface area contributed by atoms with Crippen LogP contribution in [-0.4, -0.2) is 12.5 Å². The first-order valence-corrected chi connectivity index (χ1v) is 7.35. The molecular weight excluding hydrogens is 284 g/mol. The van der Waals surface area contributed by atoms with Gasteiger partial charge >= 0.3 is 0 Å². The number of benzene rings is 2. The SMILES string of the molecule is CCc1cccc(C)c1NCC(=O)Nc1ccc(Cl)cc1. The van der Waals surface area contributed by atoms with E-state index in [4.69, 9.17) is 11.6 Å². The van der Waals surface area contributed by atoms with Crippen LogP contribution in [0.25, 0.3) is 0 Å². The Labute approximate surface area is 130 Å². The van der Waals surface area contributed by atoms with Crippen LogP contribution in [0.4, 0.5) is 11.4 Å². The molecule has 2 rings (SSSR count).